The molecule has 0 amide bonds. The smallest absolute Gasteiger partial charge is 0.0988 e. The Bertz CT molecular complexity index is 504. The first-order valence-electron chi connectivity index (χ1n) is 8.75. The van der Waals surface area contributed by atoms with Gasteiger partial charge in [0.15, 0.2) is 0 Å². The zero-order chi connectivity index (χ0) is 14.3. The number of morpholine rings is 1. The molecule has 2 heteroatoms. The molecule has 1 aromatic rings. The van der Waals surface area contributed by atoms with Gasteiger partial charge in [-0.1, -0.05) is 31.2 Å². The fourth-order valence-corrected chi connectivity index (χ4v) is 4.49. The van der Waals surface area contributed by atoms with Crippen LogP contribution in [0.25, 0.3) is 0 Å². The third-order valence-corrected chi connectivity index (χ3v) is 5.94. The lowest BCUT2D eigenvalue weighted by molar-refractivity contribution is -0.158. The number of ether oxygens (including phenoxy) is 1. The van der Waals surface area contributed by atoms with Crippen LogP contribution in [-0.2, 0) is 11.2 Å². The van der Waals surface area contributed by atoms with Crippen molar-refractivity contribution in [2.24, 2.45) is 5.92 Å². The van der Waals surface area contributed by atoms with Crippen molar-refractivity contribution < 1.29 is 4.74 Å². The van der Waals surface area contributed by atoms with Crippen molar-refractivity contribution in [3.63, 3.8) is 0 Å². The van der Waals surface area contributed by atoms with E-state index in [-0.39, 0.29) is 11.7 Å². The summed E-state index contributed by atoms with van der Waals surface area (Å²) in [5, 5.41) is 3.85. The van der Waals surface area contributed by atoms with Gasteiger partial charge in [0.1, 0.15) is 0 Å². The number of benzene rings is 1. The molecule has 1 aliphatic heterocycles. The minimum Gasteiger partial charge on any atom is -0.364 e. The molecule has 1 saturated carbocycles. The van der Waals surface area contributed by atoms with E-state index in [1.165, 1.54) is 56.1 Å². The fourth-order valence-electron chi connectivity index (χ4n) is 4.49. The van der Waals surface area contributed by atoms with Gasteiger partial charge in [-0.15, -0.1) is 0 Å². The van der Waals surface area contributed by atoms with E-state index in [4.69, 9.17) is 4.74 Å². The summed E-state index contributed by atoms with van der Waals surface area (Å²) >= 11 is 0. The molecule has 1 N–H and O–H groups in total. The van der Waals surface area contributed by atoms with Crippen LogP contribution in [0.1, 0.15) is 62.7 Å². The topological polar surface area (TPSA) is 21.3 Å². The molecule has 21 heavy (non-hydrogen) atoms. The van der Waals surface area contributed by atoms with E-state index in [0.717, 1.165) is 12.5 Å². The van der Waals surface area contributed by atoms with Crippen molar-refractivity contribution in [3.8, 4) is 0 Å². The summed E-state index contributed by atoms with van der Waals surface area (Å²) in [6.07, 6.45) is 9.09. The number of rotatable bonds is 0. The highest BCUT2D eigenvalue weighted by atomic mass is 16.5. The van der Waals surface area contributed by atoms with Gasteiger partial charge in [-0.05, 0) is 62.0 Å². The zero-order valence-electron chi connectivity index (χ0n) is 13.1. The quantitative estimate of drug-likeness (QED) is 0.778. The number of nitrogens with one attached hydrogen (secondary N) is 1. The van der Waals surface area contributed by atoms with Gasteiger partial charge >= 0.3 is 0 Å². The molecule has 2 nitrogen and oxygen atoms in total. The van der Waals surface area contributed by atoms with Crippen LogP contribution in [0.4, 0.5) is 0 Å². The Morgan fingerprint density at radius 1 is 1.14 bits per heavy atom. The maximum atomic E-state index is 6.81. The number of hydrogen-bond donors (Lipinski definition) is 1. The number of fused-ring (bicyclic) bond motifs is 3. The zero-order valence-corrected chi connectivity index (χ0v) is 13.1. The predicted molar refractivity (Wildman–Crippen MR) is 85.4 cm³/mol. The lowest BCUT2D eigenvalue weighted by Crippen LogP contribution is -2.56. The van der Waals surface area contributed by atoms with Gasteiger partial charge in [0, 0.05) is 12.6 Å². The molecule has 4 rings (SSSR count). The first-order chi connectivity index (χ1) is 10.3. The largest absolute Gasteiger partial charge is 0.364 e. The monoisotopic (exact) mass is 285 g/mol. The second-order valence-corrected chi connectivity index (χ2v) is 7.48. The lowest BCUT2D eigenvalue weighted by atomic mass is 9.77. The second-order valence-electron chi connectivity index (χ2n) is 7.48. The summed E-state index contributed by atoms with van der Waals surface area (Å²) in [6.45, 7) is 3.44. The Morgan fingerprint density at radius 3 is 2.81 bits per heavy atom. The van der Waals surface area contributed by atoms with E-state index in [2.05, 4.69) is 36.5 Å². The predicted octanol–water partition coefficient (Wildman–Crippen LogP) is 4.00. The van der Waals surface area contributed by atoms with Crippen molar-refractivity contribution in [3.05, 3.63) is 35.4 Å². The molecule has 2 atom stereocenters. The van der Waals surface area contributed by atoms with Crippen molar-refractivity contribution in [1.29, 1.82) is 0 Å². The first kappa shape index (κ1) is 13.8. The Balaban J connectivity index is 1.63. The molecule has 1 aromatic carbocycles. The first-order valence-corrected chi connectivity index (χ1v) is 8.75. The third-order valence-electron chi connectivity index (χ3n) is 5.94. The molecular weight excluding hydrogens is 258 g/mol. The van der Waals surface area contributed by atoms with Gasteiger partial charge < -0.3 is 10.1 Å². The molecule has 2 fully saturated rings. The van der Waals surface area contributed by atoms with Crippen LogP contribution in [0, 0.1) is 5.92 Å². The van der Waals surface area contributed by atoms with Crippen molar-refractivity contribution in [1.82, 2.24) is 5.32 Å². The summed E-state index contributed by atoms with van der Waals surface area (Å²) in [5.74, 6) is 0.873. The summed E-state index contributed by atoms with van der Waals surface area (Å²) in [7, 11) is 0. The van der Waals surface area contributed by atoms with E-state index in [1.54, 1.807) is 0 Å². The molecule has 0 radical (unpaired) electrons. The molecule has 0 bridgehead atoms. The van der Waals surface area contributed by atoms with Crippen molar-refractivity contribution in [2.75, 3.05) is 6.54 Å². The maximum Gasteiger partial charge on any atom is 0.0988 e. The van der Waals surface area contributed by atoms with Crippen LogP contribution < -0.4 is 5.32 Å². The number of aryl methyl sites for hydroxylation is 1. The van der Waals surface area contributed by atoms with Crippen molar-refractivity contribution in [2.45, 2.75) is 69.6 Å². The third kappa shape index (κ3) is 2.53. The molecule has 1 spiro atoms. The Kier molecular flexibility index (Phi) is 3.55. The molecule has 1 saturated heterocycles. The van der Waals surface area contributed by atoms with E-state index in [0.29, 0.717) is 6.04 Å². The molecular formula is C19H27NO. The van der Waals surface area contributed by atoms with Gasteiger partial charge in [-0.25, -0.2) is 0 Å². The highest BCUT2D eigenvalue weighted by Gasteiger charge is 2.44. The second kappa shape index (κ2) is 5.40. The molecule has 3 aliphatic rings. The van der Waals surface area contributed by atoms with Gasteiger partial charge in [0.25, 0.3) is 0 Å². The normalized spacial score (nSPS) is 39.4. The van der Waals surface area contributed by atoms with E-state index in [1.807, 2.05) is 0 Å². The SMILES string of the molecule is CC1CCC2(CC1)CNC1CCCc3ccccc3C1O2. The summed E-state index contributed by atoms with van der Waals surface area (Å²) < 4.78 is 6.81. The summed E-state index contributed by atoms with van der Waals surface area (Å²) in [4.78, 5) is 0. The van der Waals surface area contributed by atoms with Crippen LogP contribution >= 0.6 is 0 Å². The highest BCUT2D eigenvalue weighted by molar-refractivity contribution is 5.32. The highest BCUT2D eigenvalue weighted by Crippen LogP contribution is 2.44. The molecule has 2 aliphatic carbocycles. The van der Waals surface area contributed by atoms with E-state index < -0.39 is 0 Å². The van der Waals surface area contributed by atoms with E-state index in [9.17, 15) is 0 Å². The standard InChI is InChI=1S/C19H27NO/c1-14-9-11-19(12-10-14)13-20-17-8-4-6-15-5-2-3-7-16(15)18(17)21-19/h2-3,5,7,14,17-18,20H,4,6,8-13H2,1H3. The summed E-state index contributed by atoms with van der Waals surface area (Å²) in [5.41, 5.74) is 3.06. The molecule has 0 aromatic heterocycles. The Labute approximate surface area is 128 Å². The van der Waals surface area contributed by atoms with Crippen LogP contribution in [0.5, 0.6) is 0 Å². The van der Waals surface area contributed by atoms with Gasteiger partial charge in [-0.2, -0.15) is 0 Å². The van der Waals surface area contributed by atoms with Crippen LogP contribution in [0.15, 0.2) is 24.3 Å². The van der Waals surface area contributed by atoms with Crippen LogP contribution in [-0.4, -0.2) is 18.2 Å². The van der Waals surface area contributed by atoms with E-state index >= 15 is 0 Å². The van der Waals surface area contributed by atoms with Crippen molar-refractivity contribution >= 4 is 0 Å². The Hall–Kier alpha value is -0.860. The Morgan fingerprint density at radius 2 is 1.95 bits per heavy atom. The number of hydrogen-bond acceptors (Lipinski definition) is 2. The minimum absolute atomic E-state index is 0.102. The molecule has 2 unspecified atom stereocenters. The summed E-state index contributed by atoms with van der Waals surface area (Å²) in [6, 6.07) is 9.46. The van der Waals surface area contributed by atoms with Gasteiger partial charge in [0.2, 0.25) is 0 Å². The van der Waals surface area contributed by atoms with Crippen LogP contribution in [0.3, 0.4) is 0 Å². The lowest BCUT2D eigenvalue weighted by Gasteiger charge is -2.48. The maximum absolute atomic E-state index is 6.81. The average Bonchev–Trinajstić information content (AvgIpc) is 2.70. The van der Waals surface area contributed by atoms with Crippen LogP contribution in [0.2, 0.25) is 0 Å². The molecule has 114 valence electrons. The minimum atomic E-state index is 0.102. The van der Waals surface area contributed by atoms with Gasteiger partial charge in [-0.3, -0.25) is 0 Å². The van der Waals surface area contributed by atoms with Gasteiger partial charge in [0.05, 0.1) is 11.7 Å². The fraction of sp³-hybridized carbons (Fsp3) is 0.684. The average molecular weight is 285 g/mol. The molecule has 1 heterocycles.